The highest BCUT2D eigenvalue weighted by Gasteiger charge is 2.31. The Balaban J connectivity index is 1.88. The Hall–Kier alpha value is -5.07. The first kappa shape index (κ1) is 28.0. The number of nitro benzene ring substituents is 1. The van der Waals surface area contributed by atoms with Crippen LogP contribution in [0.1, 0.15) is 25.0 Å². The molecule has 0 fully saturated rings. The number of hydrogen-bond acceptors (Lipinski definition) is 8. The average molecular weight is 554 g/mol. The van der Waals surface area contributed by atoms with E-state index < -0.39 is 34.3 Å². The number of nitro groups is 1. The summed E-state index contributed by atoms with van der Waals surface area (Å²) < 4.78 is 51.6. The van der Waals surface area contributed by atoms with Crippen LogP contribution in [0.15, 0.2) is 76.6 Å². The molecule has 4 aromatic rings. The van der Waals surface area contributed by atoms with E-state index in [1.165, 1.54) is 37.3 Å². The summed E-state index contributed by atoms with van der Waals surface area (Å²) in [5.41, 5.74) is -1.78. The molecule has 0 unspecified atom stereocenters. The van der Waals surface area contributed by atoms with Gasteiger partial charge in [-0.15, -0.1) is 0 Å². The number of hydrogen-bond donors (Lipinski definition) is 0. The van der Waals surface area contributed by atoms with Crippen LogP contribution in [0.25, 0.3) is 22.3 Å². The second kappa shape index (κ2) is 11.4. The van der Waals surface area contributed by atoms with Crippen molar-refractivity contribution < 1.29 is 32.4 Å². The van der Waals surface area contributed by atoms with Gasteiger partial charge in [-0.05, 0) is 44.2 Å². The van der Waals surface area contributed by atoms with E-state index in [4.69, 9.17) is 9.47 Å². The van der Waals surface area contributed by atoms with Gasteiger partial charge in [0, 0.05) is 23.3 Å². The van der Waals surface area contributed by atoms with Crippen LogP contribution in [0.2, 0.25) is 0 Å². The van der Waals surface area contributed by atoms with E-state index in [-0.39, 0.29) is 45.9 Å². The Kier molecular flexibility index (Phi) is 7.93. The van der Waals surface area contributed by atoms with E-state index in [1.807, 2.05) is 0 Å². The number of carbonyl (C=O) groups excluding carboxylic acids is 1. The number of ether oxygens (including phenoxy) is 2. The van der Waals surface area contributed by atoms with Gasteiger partial charge < -0.3 is 9.47 Å². The topological polar surface area (TPSA) is 126 Å². The molecule has 0 spiro atoms. The van der Waals surface area contributed by atoms with E-state index >= 15 is 0 Å². The van der Waals surface area contributed by atoms with Gasteiger partial charge in [-0.25, -0.2) is 9.78 Å². The molecule has 1 aromatic heterocycles. The van der Waals surface area contributed by atoms with Crippen LogP contribution in [-0.2, 0) is 15.7 Å². The number of fused-ring (bicyclic) bond motifs is 1. The van der Waals surface area contributed by atoms with Crippen LogP contribution in [-0.4, -0.2) is 39.5 Å². The van der Waals surface area contributed by atoms with Gasteiger partial charge in [0.15, 0.2) is 11.9 Å². The molecule has 0 aliphatic rings. The number of para-hydroxylation sites is 1. The normalized spacial score (nSPS) is 12.4. The van der Waals surface area contributed by atoms with Gasteiger partial charge in [-0.2, -0.15) is 22.9 Å². The largest absolute Gasteiger partial charge is 0.478 e. The maximum absolute atomic E-state index is 13.4. The Morgan fingerprint density at radius 2 is 1.90 bits per heavy atom. The van der Waals surface area contributed by atoms with Gasteiger partial charge >= 0.3 is 12.1 Å². The van der Waals surface area contributed by atoms with Crippen molar-refractivity contribution in [1.82, 2.24) is 9.66 Å². The molecule has 13 heteroatoms. The second-order valence-electron chi connectivity index (χ2n) is 8.38. The van der Waals surface area contributed by atoms with E-state index in [2.05, 4.69) is 10.1 Å². The van der Waals surface area contributed by atoms with Gasteiger partial charge in [0.25, 0.3) is 11.2 Å². The van der Waals surface area contributed by atoms with Crippen LogP contribution in [0.5, 0.6) is 5.75 Å². The minimum atomic E-state index is -4.65. The Bertz CT molecular complexity index is 1680. The second-order valence-corrected chi connectivity index (χ2v) is 8.38. The van der Waals surface area contributed by atoms with Crippen LogP contribution < -0.4 is 10.3 Å². The zero-order valence-corrected chi connectivity index (χ0v) is 21.1. The highest BCUT2D eigenvalue weighted by molar-refractivity contribution is 5.86. The fourth-order valence-electron chi connectivity index (χ4n) is 3.73. The SMILES string of the molecule is CCOC(=O)[C@@H](C)Oc1ccc([N+](=O)[O-])cc1C=Nn1c(-c2cccc(C(F)(F)F)c2)nc2ccccc2c1=O. The first-order valence-corrected chi connectivity index (χ1v) is 11.8. The number of halogens is 3. The summed E-state index contributed by atoms with van der Waals surface area (Å²) in [6, 6.07) is 14.0. The molecule has 1 heterocycles. The fourth-order valence-corrected chi connectivity index (χ4v) is 3.73. The number of benzene rings is 3. The lowest BCUT2D eigenvalue weighted by Crippen LogP contribution is -2.26. The van der Waals surface area contributed by atoms with Crippen molar-refractivity contribution in [2.75, 3.05) is 6.61 Å². The number of rotatable bonds is 8. The molecule has 10 nitrogen and oxygen atoms in total. The lowest BCUT2D eigenvalue weighted by Gasteiger charge is -2.15. The highest BCUT2D eigenvalue weighted by atomic mass is 19.4. The van der Waals surface area contributed by atoms with E-state index in [9.17, 15) is 32.9 Å². The van der Waals surface area contributed by atoms with Gasteiger partial charge in [-0.3, -0.25) is 14.9 Å². The van der Waals surface area contributed by atoms with E-state index in [1.54, 1.807) is 19.1 Å². The van der Waals surface area contributed by atoms with Gasteiger partial charge in [0.05, 0.1) is 34.2 Å². The van der Waals surface area contributed by atoms with Gasteiger partial charge in [-0.1, -0.05) is 24.3 Å². The predicted molar refractivity (Wildman–Crippen MR) is 139 cm³/mol. The summed E-state index contributed by atoms with van der Waals surface area (Å²) in [4.78, 5) is 40.6. The number of esters is 1. The van der Waals surface area contributed by atoms with Crippen molar-refractivity contribution in [3.05, 3.63) is 98.3 Å². The fraction of sp³-hybridized carbons (Fsp3) is 0.185. The molecule has 0 radical (unpaired) electrons. The van der Waals surface area contributed by atoms with Crippen molar-refractivity contribution in [2.24, 2.45) is 5.10 Å². The van der Waals surface area contributed by atoms with Gasteiger partial charge in [0.1, 0.15) is 5.75 Å². The molecular weight excluding hydrogens is 533 g/mol. The molecule has 0 amide bonds. The van der Waals surface area contributed by atoms with Crippen molar-refractivity contribution in [3.63, 3.8) is 0 Å². The molecule has 0 aliphatic carbocycles. The zero-order valence-electron chi connectivity index (χ0n) is 21.1. The summed E-state index contributed by atoms with van der Waals surface area (Å²) in [6.07, 6.45) is -4.67. The maximum Gasteiger partial charge on any atom is 0.416 e. The number of nitrogens with zero attached hydrogens (tertiary/aromatic N) is 4. The third-order valence-corrected chi connectivity index (χ3v) is 5.64. The quantitative estimate of drug-likeness (QED) is 0.127. The van der Waals surface area contributed by atoms with Crippen LogP contribution in [0.3, 0.4) is 0 Å². The number of aromatic nitrogens is 2. The molecular formula is C27H21F3N4O6. The first-order valence-electron chi connectivity index (χ1n) is 11.8. The summed E-state index contributed by atoms with van der Waals surface area (Å²) in [6.45, 7) is 3.15. The zero-order chi connectivity index (χ0) is 29.0. The van der Waals surface area contributed by atoms with E-state index in [0.717, 1.165) is 35.2 Å². The molecule has 0 N–H and O–H groups in total. The Morgan fingerprint density at radius 1 is 1.15 bits per heavy atom. The lowest BCUT2D eigenvalue weighted by molar-refractivity contribution is -0.384. The Labute approximate surface area is 224 Å². The molecule has 3 aromatic carbocycles. The third kappa shape index (κ3) is 5.98. The molecule has 0 aliphatic heterocycles. The standard InChI is InChI=1S/C27H21F3N4O6/c1-3-39-26(36)16(2)40-23-12-11-20(34(37)38)14-18(23)15-31-33-24(17-7-6-8-19(13-17)27(28,29)30)32-22-10-5-4-9-21(22)25(33)35/h4-16H,3H2,1-2H3/t16-/m1/s1. The van der Waals surface area contributed by atoms with E-state index in [0.29, 0.717) is 0 Å². The monoisotopic (exact) mass is 554 g/mol. The van der Waals surface area contributed by atoms with Crippen molar-refractivity contribution >= 4 is 28.8 Å². The highest BCUT2D eigenvalue weighted by Crippen LogP contribution is 2.32. The van der Waals surface area contributed by atoms with Gasteiger partial charge in [0.2, 0.25) is 0 Å². The van der Waals surface area contributed by atoms with Crippen LogP contribution in [0.4, 0.5) is 18.9 Å². The minimum absolute atomic E-state index is 0.0114. The predicted octanol–water partition coefficient (Wildman–Crippen LogP) is 5.20. The van der Waals surface area contributed by atoms with Crippen molar-refractivity contribution in [2.45, 2.75) is 26.1 Å². The molecule has 206 valence electrons. The van der Waals surface area contributed by atoms with Crippen molar-refractivity contribution in [3.8, 4) is 17.1 Å². The molecule has 1 atom stereocenters. The number of non-ortho nitro benzene ring substituents is 1. The molecule has 0 bridgehead atoms. The molecule has 4 rings (SSSR count). The maximum atomic E-state index is 13.4. The van der Waals surface area contributed by atoms with Crippen molar-refractivity contribution in [1.29, 1.82) is 0 Å². The third-order valence-electron chi connectivity index (χ3n) is 5.64. The van der Waals surface area contributed by atoms with Crippen LogP contribution >= 0.6 is 0 Å². The summed E-state index contributed by atoms with van der Waals surface area (Å²) in [7, 11) is 0. The number of carbonyl (C=O) groups is 1. The molecule has 40 heavy (non-hydrogen) atoms. The smallest absolute Gasteiger partial charge is 0.416 e. The van der Waals surface area contributed by atoms with Crippen LogP contribution in [0, 0.1) is 10.1 Å². The summed E-state index contributed by atoms with van der Waals surface area (Å²) in [5, 5.41) is 15.7. The number of alkyl halides is 3. The molecule has 0 saturated heterocycles. The summed E-state index contributed by atoms with van der Waals surface area (Å²) in [5.74, 6) is -0.860. The minimum Gasteiger partial charge on any atom is -0.478 e. The molecule has 0 saturated carbocycles. The summed E-state index contributed by atoms with van der Waals surface area (Å²) >= 11 is 0. The first-order chi connectivity index (χ1) is 19.0. The average Bonchev–Trinajstić information content (AvgIpc) is 2.92. The Morgan fingerprint density at radius 3 is 2.60 bits per heavy atom. The lowest BCUT2D eigenvalue weighted by atomic mass is 10.1.